The molecule has 0 spiro atoms. The molecule has 0 saturated heterocycles. The second kappa shape index (κ2) is 5.62. The zero-order valence-corrected chi connectivity index (χ0v) is 13.4. The number of carbonyl (C=O) groups excluding carboxylic acids is 1. The summed E-state index contributed by atoms with van der Waals surface area (Å²) < 4.78 is 5.30. The standard InChI is InChI=1S/C17H15N3O2S/c1-10-19-15-14(11-7-8-11)13(9-18-16(15)23-10)20-17(21)22-12-5-3-2-4-6-12/h2-6,9,11H,7-8H2,1H3,(H,20,21). The molecule has 1 aliphatic carbocycles. The Kier molecular flexibility index (Phi) is 3.46. The largest absolute Gasteiger partial charge is 0.417 e. The van der Waals surface area contributed by atoms with E-state index >= 15 is 0 Å². The highest BCUT2D eigenvalue weighted by atomic mass is 32.1. The van der Waals surface area contributed by atoms with Gasteiger partial charge >= 0.3 is 6.09 Å². The van der Waals surface area contributed by atoms with Crippen molar-refractivity contribution in [1.82, 2.24) is 9.97 Å². The van der Waals surface area contributed by atoms with Gasteiger partial charge in [-0.05, 0) is 37.8 Å². The Labute approximate surface area is 137 Å². The van der Waals surface area contributed by atoms with Crippen molar-refractivity contribution in [3.8, 4) is 5.75 Å². The second-order valence-corrected chi connectivity index (χ2v) is 6.76. The summed E-state index contributed by atoms with van der Waals surface area (Å²) in [6, 6.07) is 9.01. The molecule has 1 fully saturated rings. The van der Waals surface area contributed by atoms with Crippen molar-refractivity contribution in [3.05, 3.63) is 47.1 Å². The number of hydrogen-bond donors (Lipinski definition) is 1. The van der Waals surface area contributed by atoms with E-state index < -0.39 is 6.09 Å². The van der Waals surface area contributed by atoms with Crippen LogP contribution in [0.3, 0.4) is 0 Å². The normalized spacial score (nSPS) is 14.0. The van der Waals surface area contributed by atoms with Gasteiger partial charge in [-0.3, -0.25) is 5.32 Å². The van der Waals surface area contributed by atoms with Crippen molar-refractivity contribution in [1.29, 1.82) is 0 Å². The number of anilines is 1. The average Bonchev–Trinajstić information content (AvgIpc) is 3.29. The van der Waals surface area contributed by atoms with Crippen LogP contribution >= 0.6 is 11.3 Å². The van der Waals surface area contributed by atoms with Crippen LogP contribution < -0.4 is 10.1 Å². The Morgan fingerprint density at radius 3 is 2.83 bits per heavy atom. The van der Waals surface area contributed by atoms with Gasteiger partial charge in [0.15, 0.2) is 0 Å². The third kappa shape index (κ3) is 2.90. The summed E-state index contributed by atoms with van der Waals surface area (Å²) in [6.45, 7) is 1.97. The lowest BCUT2D eigenvalue weighted by molar-refractivity contribution is 0.215. The van der Waals surface area contributed by atoms with Crippen LogP contribution in [0.25, 0.3) is 10.3 Å². The van der Waals surface area contributed by atoms with Gasteiger partial charge in [-0.15, -0.1) is 0 Å². The minimum Gasteiger partial charge on any atom is -0.410 e. The van der Waals surface area contributed by atoms with Crippen LogP contribution in [0, 0.1) is 6.92 Å². The molecule has 116 valence electrons. The van der Waals surface area contributed by atoms with Crippen LogP contribution in [0.1, 0.15) is 29.3 Å². The molecule has 23 heavy (non-hydrogen) atoms. The number of pyridine rings is 1. The summed E-state index contributed by atoms with van der Waals surface area (Å²) in [5.41, 5.74) is 2.70. The molecular weight excluding hydrogens is 310 g/mol. The van der Waals surface area contributed by atoms with Crippen LogP contribution in [0.4, 0.5) is 10.5 Å². The number of rotatable bonds is 3. The maximum absolute atomic E-state index is 12.1. The lowest BCUT2D eigenvalue weighted by Gasteiger charge is -2.11. The van der Waals surface area contributed by atoms with Gasteiger partial charge < -0.3 is 4.74 Å². The topological polar surface area (TPSA) is 64.1 Å². The van der Waals surface area contributed by atoms with Crippen molar-refractivity contribution < 1.29 is 9.53 Å². The van der Waals surface area contributed by atoms with E-state index in [0.29, 0.717) is 17.4 Å². The molecule has 2 aromatic heterocycles. The number of aromatic nitrogens is 2. The monoisotopic (exact) mass is 325 g/mol. The summed E-state index contributed by atoms with van der Waals surface area (Å²) >= 11 is 1.58. The van der Waals surface area contributed by atoms with Crippen molar-refractivity contribution >= 4 is 33.5 Å². The lowest BCUT2D eigenvalue weighted by Crippen LogP contribution is -2.18. The van der Waals surface area contributed by atoms with Crippen LogP contribution in [0.15, 0.2) is 36.5 Å². The number of carbonyl (C=O) groups is 1. The Morgan fingerprint density at radius 1 is 1.30 bits per heavy atom. The maximum Gasteiger partial charge on any atom is 0.417 e. The first kappa shape index (κ1) is 14.1. The van der Waals surface area contributed by atoms with Gasteiger partial charge in [0.1, 0.15) is 16.1 Å². The molecule has 5 nitrogen and oxygen atoms in total. The van der Waals surface area contributed by atoms with E-state index in [2.05, 4.69) is 15.3 Å². The number of amides is 1. The minimum absolute atomic E-state index is 0.453. The smallest absolute Gasteiger partial charge is 0.410 e. The van der Waals surface area contributed by atoms with Gasteiger partial charge in [0.25, 0.3) is 0 Å². The highest BCUT2D eigenvalue weighted by molar-refractivity contribution is 7.18. The predicted molar refractivity (Wildman–Crippen MR) is 90.2 cm³/mol. The van der Waals surface area contributed by atoms with Crippen LogP contribution in [0.5, 0.6) is 5.75 Å². The van der Waals surface area contributed by atoms with Crippen molar-refractivity contribution in [2.24, 2.45) is 0 Å². The molecule has 0 aliphatic heterocycles. The lowest BCUT2D eigenvalue weighted by atomic mass is 10.1. The SMILES string of the molecule is Cc1nc2c(C3CC3)c(NC(=O)Oc3ccccc3)cnc2s1. The summed E-state index contributed by atoms with van der Waals surface area (Å²) in [5, 5.41) is 3.81. The van der Waals surface area contributed by atoms with Gasteiger partial charge in [0.05, 0.1) is 16.9 Å². The third-order valence-electron chi connectivity index (χ3n) is 3.75. The molecule has 2 heterocycles. The molecule has 4 rings (SSSR count). The van der Waals surface area contributed by atoms with E-state index in [0.717, 1.165) is 33.8 Å². The Morgan fingerprint density at radius 2 is 2.09 bits per heavy atom. The number of ether oxygens (including phenoxy) is 1. The van der Waals surface area contributed by atoms with Crippen molar-refractivity contribution in [3.63, 3.8) is 0 Å². The number of nitrogens with zero attached hydrogens (tertiary/aromatic N) is 2. The fourth-order valence-electron chi connectivity index (χ4n) is 2.62. The number of aryl methyl sites for hydroxylation is 1. The predicted octanol–water partition coefficient (Wildman–Crippen LogP) is 4.49. The first-order valence-corrected chi connectivity index (χ1v) is 8.32. The highest BCUT2D eigenvalue weighted by Gasteiger charge is 2.30. The maximum atomic E-state index is 12.1. The second-order valence-electron chi connectivity index (χ2n) is 5.57. The van der Waals surface area contributed by atoms with Gasteiger partial charge in [-0.25, -0.2) is 14.8 Å². The Bertz CT molecular complexity index is 872. The van der Waals surface area contributed by atoms with E-state index in [1.807, 2.05) is 25.1 Å². The van der Waals surface area contributed by atoms with Crippen LogP contribution in [0.2, 0.25) is 0 Å². The zero-order chi connectivity index (χ0) is 15.8. The van der Waals surface area contributed by atoms with E-state index in [4.69, 9.17) is 4.74 Å². The minimum atomic E-state index is -0.508. The number of thiazole rings is 1. The molecule has 6 heteroatoms. The molecule has 0 atom stereocenters. The Hall–Kier alpha value is -2.47. The van der Waals surface area contributed by atoms with E-state index in [-0.39, 0.29) is 0 Å². The molecule has 1 aliphatic rings. The molecule has 1 aromatic carbocycles. The van der Waals surface area contributed by atoms with E-state index in [9.17, 15) is 4.79 Å². The number of fused-ring (bicyclic) bond motifs is 1. The summed E-state index contributed by atoms with van der Waals surface area (Å²) in [5.74, 6) is 0.963. The molecule has 1 saturated carbocycles. The first-order valence-electron chi connectivity index (χ1n) is 7.50. The van der Waals surface area contributed by atoms with Crippen LogP contribution in [-0.4, -0.2) is 16.1 Å². The van der Waals surface area contributed by atoms with Crippen molar-refractivity contribution in [2.45, 2.75) is 25.7 Å². The molecule has 1 N–H and O–H groups in total. The number of hydrogen-bond acceptors (Lipinski definition) is 5. The summed E-state index contributed by atoms with van der Waals surface area (Å²) in [6.07, 6.45) is 3.45. The van der Waals surface area contributed by atoms with Gasteiger partial charge in [0, 0.05) is 5.56 Å². The van der Waals surface area contributed by atoms with E-state index in [1.54, 1.807) is 29.7 Å². The number of para-hydroxylation sites is 1. The molecule has 0 bridgehead atoms. The Balaban J connectivity index is 1.63. The number of benzene rings is 1. The molecule has 1 amide bonds. The number of nitrogens with one attached hydrogen (secondary N) is 1. The summed E-state index contributed by atoms with van der Waals surface area (Å²) in [4.78, 5) is 22.1. The zero-order valence-electron chi connectivity index (χ0n) is 12.6. The fraction of sp³-hybridized carbons (Fsp3) is 0.235. The first-order chi connectivity index (χ1) is 11.2. The summed E-state index contributed by atoms with van der Waals surface area (Å²) in [7, 11) is 0. The molecule has 3 aromatic rings. The van der Waals surface area contributed by atoms with E-state index in [1.165, 1.54) is 0 Å². The van der Waals surface area contributed by atoms with Gasteiger partial charge in [-0.2, -0.15) is 0 Å². The van der Waals surface area contributed by atoms with Gasteiger partial charge in [0.2, 0.25) is 0 Å². The third-order valence-corrected chi connectivity index (χ3v) is 4.63. The van der Waals surface area contributed by atoms with Crippen LogP contribution in [-0.2, 0) is 0 Å². The molecule has 0 radical (unpaired) electrons. The molecule has 0 unspecified atom stereocenters. The average molecular weight is 325 g/mol. The highest BCUT2D eigenvalue weighted by Crippen LogP contribution is 2.46. The fourth-order valence-corrected chi connectivity index (χ4v) is 3.39. The van der Waals surface area contributed by atoms with Crippen molar-refractivity contribution in [2.75, 3.05) is 5.32 Å². The quantitative estimate of drug-likeness (QED) is 0.770. The van der Waals surface area contributed by atoms with Gasteiger partial charge in [-0.1, -0.05) is 29.5 Å². The molecular formula is C17H15N3O2S.